The van der Waals surface area contributed by atoms with Crippen LogP contribution in [0.2, 0.25) is 0 Å². The number of nitrogens with zero attached hydrogens (tertiary/aromatic N) is 3. The maximum absolute atomic E-state index is 14.2. The highest BCUT2D eigenvalue weighted by atomic mass is 19.1. The minimum atomic E-state index is -0.251. The van der Waals surface area contributed by atoms with E-state index >= 15 is 0 Å². The molecule has 38 heavy (non-hydrogen) atoms. The molecule has 198 valence electrons. The number of hydrogen-bond donors (Lipinski definition) is 1. The summed E-state index contributed by atoms with van der Waals surface area (Å²) in [5.41, 5.74) is 3.87. The number of nitrogens with one attached hydrogen (secondary N) is 1. The van der Waals surface area contributed by atoms with E-state index in [1.165, 1.54) is 6.07 Å². The van der Waals surface area contributed by atoms with Gasteiger partial charge in [-0.2, -0.15) is 0 Å². The Balaban J connectivity index is 1.26. The summed E-state index contributed by atoms with van der Waals surface area (Å²) in [5.74, 6) is -0.404. The van der Waals surface area contributed by atoms with E-state index in [1.807, 2.05) is 57.2 Å². The third-order valence-corrected chi connectivity index (χ3v) is 7.69. The second kappa shape index (κ2) is 11.7. The molecule has 3 aromatic rings. The topological polar surface area (TPSA) is 55.9 Å². The smallest absolute Gasteiger partial charge is 0.318 e. The fourth-order valence-corrected chi connectivity index (χ4v) is 5.63. The van der Waals surface area contributed by atoms with Gasteiger partial charge in [-0.15, -0.1) is 0 Å². The Morgan fingerprint density at radius 2 is 1.63 bits per heavy atom. The van der Waals surface area contributed by atoms with Crippen molar-refractivity contribution in [2.45, 2.75) is 32.4 Å². The fraction of sp³-hybridized carbons (Fsp3) is 0.355. The van der Waals surface area contributed by atoms with Crippen molar-refractivity contribution in [3.05, 3.63) is 101 Å². The van der Waals surface area contributed by atoms with Crippen molar-refractivity contribution in [3.63, 3.8) is 0 Å². The summed E-state index contributed by atoms with van der Waals surface area (Å²) >= 11 is 0. The average Bonchev–Trinajstić information content (AvgIpc) is 2.96. The molecule has 0 aliphatic carbocycles. The Bertz CT molecular complexity index is 1260. The lowest BCUT2D eigenvalue weighted by molar-refractivity contribution is -0.137. The van der Waals surface area contributed by atoms with Crippen molar-refractivity contribution in [2.75, 3.05) is 37.6 Å². The largest absolute Gasteiger partial charge is 0.366 e. The van der Waals surface area contributed by atoms with Gasteiger partial charge in [-0.3, -0.25) is 4.79 Å². The molecule has 2 aliphatic heterocycles. The van der Waals surface area contributed by atoms with Crippen LogP contribution in [0.1, 0.15) is 35.6 Å². The van der Waals surface area contributed by atoms with E-state index < -0.39 is 0 Å². The Hall–Kier alpha value is -3.87. The van der Waals surface area contributed by atoms with Gasteiger partial charge in [0.2, 0.25) is 5.91 Å². The third-order valence-electron chi connectivity index (χ3n) is 7.69. The lowest BCUT2D eigenvalue weighted by Crippen LogP contribution is -2.54. The second-order valence-electron chi connectivity index (χ2n) is 10.3. The number of likely N-dealkylation sites (tertiary alicyclic amines) is 1. The molecule has 3 aromatic carbocycles. The van der Waals surface area contributed by atoms with E-state index in [0.717, 1.165) is 29.5 Å². The van der Waals surface area contributed by atoms with Gasteiger partial charge >= 0.3 is 6.03 Å². The first kappa shape index (κ1) is 25.8. The van der Waals surface area contributed by atoms with E-state index in [-0.39, 0.29) is 29.7 Å². The summed E-state index contributed by atoms with van der Waals surface area (Å²) < 4.78 is 14.2. The highest BCUT2D eigenvalue weighted by Gasteiger charge is 2.38. The van der Waals surface area contributed by atoms with Crippen LogP contribution in [0.4, 0.5) is 14.9 Å². The summed E-state index contributed by atoms with van der Waals surface area (Å²) in [6.07, 6.45) is 1.46. The zero-order valence-corrected chi connectivity index (χ0v) is 21.9. The zero-order chi connectivity index (χ0) is 26.5. The summed E-state index contributed by atoms with van der Waals surface area (Å²) in [6.45, 7) is 5.15. The molecule has 1 N–H and O–H groups in total. The SMILES string of the molecule is Cc1cccc(C2CCC(C(=O)N3CCN(c4ccccc4F)CC3)CN2C(=O)NCc2ccccc2)c1. The molecular weight excluding hydrogens is 479 g/mol. The molecule has 0 radical (unpaired) electrons. The summed E-state index contributed by atoms with van der Waals surface area (Å²) in [4.78, 5) is 32.8. The van der Waals surface area contributed by atoms with Crippen LogP contribution >= 0.6 is 0 Å². The Morgan fingerprint density at radius 1 is 0.895 bits per heavy atom. The highest BCUT2D eigenvalue weighted by molar-refractivity contribution is 5.81. The maximum Gasteiger partial charge on any atom is 0.318 e. The van der Waals surface area contributed by atoms with E-state index in [4.69, 9.17) is 0 Å². The lowest BCUT2D eigenvalue weighted by atomic mass is 9.87. The Labute approximate surface area is 224 Å². The van der Waals surface area contributed by atoms with Crippen LogP contribution in [0, 0.1) is 18.7 Å². The number of urea groups is 1. The Kier molecular flexibility index (Phi) is 7.91. The molecule has 0 bridgehead atoms. The number of aryl methyl sites for hydroxylation is 1. The molecule has 2 heterocycles. The maximum atomic E-state index is 14.2. The molecule has 3 amide bonds. The van der Waals surface area contributed by atoms with Gasteiger partial charge in [-0.25, -0.2) is 9.18 Å². The van der Waals surface area contributed by atoms with Crippen LogP contribution in [-0.2, 0) is 11.3 Å². The number of benzene rings is 3. The van der Waals surface area contributed by atoms with E-state index in [1.54, 1.807) is 12.1 Å². The van der Waals surface area contributed by atoms with Gasteiger partial charge in [0.1, 0.15) is 5.82 Å². The molecule has 0 spiro atoms. The van der Waals surface area contributed by atoms with E-state index in [0.29, 0.717) is 45.0 Å². The van der Waals surface area contributed by atoms with Gasteiger partial charge in [0.25, 0.3) is 0 Å². The standard InChI is InChI=1S/C31H35FN4O2/c1-23-8-7-11-25(20-23)28-15-14-26(22-36(28)31(38)33-21-24-9-3-2-4-10-24)30(37)35-18-16-34(17-19-35)29-13-6-5-12-27(29)32/h2-13,20,26,28H,14-19,21-22H2,1H3,(H,33,38). The number of carbonyl (C=O) groups is 2. The second-order valence-corrected chi connectivity index (χ2v) is 10.3. The minimum Gasteiger partial charge on any atom is -0.366 e. The lowest BCUT2D eigenvalue weighted by Gasteiger charge is -2.42. The summed E-state index contributed by atoms with van der Waals surface area (Å²) in [5, 5.41) is 3.07. The van der Waals surface area contributed by atoms with Crippen LogP contribution in [-0.4, -0.2) is 54.5 Å². The molecular formula is C31H35FN4O2. The Morgan fingerprint density at radius 3 is 2.37 bits per heavy atom. The quantitative estimate of drug-likeness (QED) is 0.513. The van der Waals surface area contributed by atoms with Crippen molar-refractivity contribution in [2.24, 2.45) is 5.92 Å². The molecule has 5 rings (SSSR count). The van der Waals surface area contributed by atoms with Crippen molar-refractivity contribution in [1.29, 1.82) is 0 Å². The summed E-state index contributed by atoms with van der Waals surface area (Å²) in [7, 11) is 0. The molecule has 2 fully saturated rings. The highest BCUT2D eigenvalue weighted by Crippen LogP contribution is 2.35. The molecule has 7 heteroatoms. The fourth-order valence-electron chi connectivity index (χ4n) is 5.63. The number of anilines is 1. The monoisotopic (exact) mass is 514 g/mol. The van der Waals surface area contributed by atoms with Crippen LogP contribution in [0.15, 0.2) is 78.9 Å². The molecule has 0 aromatic heterocycles. The first-order chi connectivity index (χ1) is 18.5. The zero-order valence-electron chi connectivity index (χ0n) is 21.9. The van der Waals surface area contributed by atoms with Crippen molar-refractivity contribution in [1.82, 2.24) is 15.1 Å². The van der Waals surface area contributed by atoms with Crippen molar-refractivity contribution >= 4 is 17.6 Å². The van der Waals surface area contributed by atoms with Gasteiger partial charge in [-0.05, 0) is 43.0 Å². The first-order valence-electron chi connectivity index (χ1n) is 13.4. The van der Waals surface area contributed by atoms with Gasteiger partial charge in [-0.1, -0.05) is 72.3 Å². The van der Waals surface area contributed by atoms with Gasteiger partial charge in [0.05, 0.1) is 17.6 Å². The van der Waals surface area contributed by atoms with E-state index in [9.17, 15) is 14.0 Å². The predicted octanol–water partition coefficient (Wildman–Crippen LogP) is 5.15. The normalized spacial score (nSPS) is 19.8. The van der Waals surface area contributed by atoms with Crippen LogP contribution < -0.4 is 10.2 Å². The van der Waals surface area contributed by atoms with Crippen LogP contribution in [0.5, 0.6) is 0 Å². The number of halogens is 1. The van der Waals surface area contributed by atoms with Crippen LogP contribution in [0.25, 0.3) is 0 Å². The molecule has 2 atom stereocenters. The average molecular weight is 515 g/mol. The number of piperazine rings is 1. The number of rotatable bonds is 5. The van der Waals surface area contributed by atoms with Crippen LogP contribution in [0.3, 0.4) is 0 Å². The number of piperidine rings is 1. The number of para-hydroxylation sites is 1. The molecule has 2 saturated heterocycles. The third kappa shape index (κ3) is 5.82. The van der Waals surface area contributed by atoms with Gasteiger partial charge < -0.3 is 20.0 Å². The molecule has 0 saturated carbocycles. The first-order valence-corrected chi connectivity index (χ1v) is 13.4. The molecule has 6 nitrogen and oxygen atoms in total. The predicted molar refractivity (Wildman–Crippen MR) is 147 cm³/mol. The van der Waals surface area contributed by atoms with Gasteiger partial charge in [0.15, 0.2) is 0 Å². The molecule has 2 unspecified atom stereocenters. The number of carbonyl (C=O) groups excluding carboxylic acids is 2. The minimum absolute atomic E-state index is 0.0763. The molecule has 2 aliphatic rings. The number of amides is 3. The number of hydrogen-bond acceptors (Lipinski definition) is 3. The van der Waals surface area contributed by atoms with E-state index in [2.05, 4.69) is 30.4 Å². The van der Waals surface area contributed by atoms with Gasteiger partial charge in [0, 0.05) is 39.3 Å². The summed E-state index contributed by atoms with van der Waals surface area (Å²) in [6, 6.07) is 24.7. The van der Waals surface area contributed by atoms with Crippen molar-refractivity contribution < 1.29 is 14.0 Å². The van der Waals surface area contributed by atoms with Crippen molar-refractivity contribution in [3.8, 4) is 0 Å².